The van der Waals surface area contributed by atoms with Crippen LogP contribution >= 0.6 is 7.82 Å². The van der Waals surface area contributed by atoms with Crippen molar-refractivity contribution in [3.8, 4) is 0 Å². The second kappa shape index (κ2) is 35.2. The lowest BCUT2D eigenvalue weighted by atomic mass is 10.1. The second-order valence-electron chi connectivity index (χ2n) is 14.3. The van der Waals surface area contributed by atoms with Gasteiger partial charge in [-0.2, -0.15) is 0 Å². The highest BCUT2D eigenvalue weighted by Crippen LogP contribution is 2.43. The molecule has 1 N–H and O–H groups in total. The van der Waals surface area contributed by atoms with Crippen LogP contribution in [0, 0.1) is 0 Å². The molecule has 0 saturated heterocycles. The van der Waals surface area contributed by atoms with Crippen LogP contribution in [0.2, 0.25) is 0 Å². The Morgan fingerprint density at radius 2 is 1.14 bits per heavy atom. The summed E-state index contributed by atoms with van der Waals surface area (Å²) >= 11 is 0. The van der Waals surface area contributed by atoms with E-state index in [2.05, 4.69) is 74.6 Å². The van der Waals surface area contributed by atoms with Gasteiger partial charge in [0.05, 0.1) is 34.4 Å². The lowest BCUT2D eigenvalue weighted by molar-refractivity contribution is -0.870. The highest BCUT2D eigenvalue weighted by molar-refractivity contribution is 7.47. The van der Waals surface area contributed by atoms with Crippen LogP contribution in [-0.2, 0) is 27.9 Å². The molecule has 0 rings (SSSR count). The molecular formula is C42H77NO7P+. The van der Waals surface area contributed by atoms with Crippen LogP contribution in [0.15, 0.2) is 60.8 Å². The second-order valence-corrected chi connectivity index (χ2v) is 15.7. The normalized spacial score (nSPS) is 14.5. The van der Waals surface area contributed by atoms with E-state index in [9.17, 15) is 14.3 Å². The number of hydrogen-bond acceptors (Lipinski definition) is 6. The number of ether oxygens (including phenoxy) is 2. The Bertz CT molecular complexity index is 1000. The number of quaternary nitrogens is 1. The van der Waals surface area contributed by atoms with Crippen molar-refractivity contribution in [1.82, 2.24) is 0 Å². The maximum atomic E-state index is 12.6. The smallest absolute Gasteiger partial charge is 0.457 e. The summed E-state index contributed by atoms with van der Waals surface area (Å²) in [6, 6.07) is 0. The number of esters is 1. The van der Waals surface area contributed by atoms with E-state index >= 15 is 0 Å². The Morgan fingerprint density at radius 3 is 1.73 bits per heavy atom. The molecule has 9 heteroatoms. The molecule has 0 spiro atoms. The molecule has 0 saturated carbocycles. The van der Waals surface area contributed by atoms with Gasteiger partial charge < -0.3 is 18.9 Å². The molecule has 0 heterocycles. The van der Waals surface area contributed by atoms with Gasteiger partial charge in [-0.15, -0.1) is 0 Å². The number of allylic oxidation sites excluding steroid dienone is 10. The number of phosphoric acid groups is 1. The third-order valence-electron chi connectivity index (χ3n) is 8.06. The maximum Gasteiger partial charge on any atom is 0.472 e. The maximum absolute atomic E-state index is 12.6. The van der Waals surface area contributed by atoms with E-state index in [1.165, 1.54) is 51.4 Å². The highest BCUT2D eigenvalue weighted by atomic mass is 31.2. The zero-order chi connectivity index (χ0) is 37.7. The van der Waals surface area contributed by atoms with E-state index < -0.39 is 13.9 Å². The van der Waals surface area contributed by atoms with Crippen LogP contribution in [-0.4, -0.2) is 75.6 Å². The van der Waals surface area contributed by atoms with Crippen molar-refractivity contribution in [1.29, 1.82) is 0 Å². The van der Waals surface area contributed by atoms with Gasteiger partial charge in [0.1, 0.15) is 19.3 Å². The van der Waals surface area contributed by atoms with Crippen molar-refractivity contribution in [3.63, 3.8) is 0 Å². The Morgan fingerprint density at radius 1 is 0.627 bits per heavy atom. The third kappa shape index (κ3) is 39.2. The fourth-order valence-electron chi connectivity index (χ4n) is 4.93. The fraction of sp³-hybridized carbons (Fsp3) is 0.738. The minimum absolute atomic E-state index is 0.0795. The topological polar surface area (TPSA) is 91.3 Å². The van der Waals surface area contributed by atoms with E-state index in [0.29, 0.717) is 24.1 Å². The number of hydrogen-bond donors (Lipinski definition) is 1. The molecule has 0 aromatic heterocycles. The number of carbonyl (C=O) groups excluding carboxylic acids is 1. The molecule has 0 aliphatic carbocycles. The monoisotopic (exact) mass is 739 g/mol. The first kappa shape index (κ1) is 49.2. The molecule has 0 amide bonds. The Labute approximate surface area is 313 Å². The number of phosphoric ester groups is 1. The number of likely N-dealkylation sites (N-methyl/N-ethyl adjacent to an activating group) is 1. The summed E-state index contributed by atoms with van der Waals surface area (Å²) in [7, 11) is 1.63. The molecule has 0 aromatic rings. The summed E-state index contributed by atoms with van der Waals surface area (Å²) in [5.74, 6) is -0.343. The van der Waals surface area contributed by atoms with E-state index in [1.54, 1.807) is 0 Å². The summed E-state index contributed by atoms with van der Waals surface area (Å²) < 4.78 is 34.8. The molecule has 2 unspecified atom stereocenters. The third-order valence-corrected chi connectivity index (χ3v) is 9.05. The van der Waals surface area contributed by atoms with Crippen molar-refractivity contribution < 1.29 is 37.3 Å². The van der Waals surface area contributed by atoms with Crippen molar-refractivity contribution in [3.05, 3.63) is 60.8 Å². The lowest BCUT2D eigenvalue weighted by Gasteiger charge is -2.24. The van der Waals surface area contributed by atoms with Crippen molar-refractivity contribution in [2.24, 2.45) is 0 Å². The molecule has 296 valence electrons. The van der Waals surface area contributed by atoms with Crippen LogP contribution in [0.1, 0.15) is 142 Å². The largest absolute Gasteiger partial charge is 0.472 e. The fourth-order valence-corrected chi connectivity index (χ4v) is 5.68. The Hall–Kier alpha value is -1.80. The molecule has 51 heavy (non-hydrogen) atoms. The van der Waals surface area contributed by atoms with Crippen molar-refractivity contribution >= 4 is 13.8 Å². The quantitative estimate of drug-likeness (QED) is 0.0225. The Balaban J connectivity index is 4.35. The summed E-state index contributed by atoms with van der Waals surface area (Å²) in [5.41, 5.74) is 0. The minimum atomic E-state index is -4.28. The van der Waals surface area contributed by atoms with Gasteiger partial charge in [-0.1, -0.05) is 126 Å². The number of nitrogens with zero attached hydrogens (tertiary/aromatic N) is 1. The van der Waals surface area contributed by atoms with Crippen LogP contribution in [0.25, 0.3) is 0 Å². The predicted molar refractivity (Wildman–Crippen MR) is 215 cm³/mol. The SMILES string of the molecule is CC/C=C\C/C=C\C/C=C\C/C=C\CCCCCCC(=O)OC(COCCCCCCCC/C=C\CCCC)COP(=O)(O)OCC[N+](C)(C)C. The van der Waals surface area contributed by atoms with Gasteiger partial charge in [0.2, 0.25) is 0 Å². The lowest BCUT2D eigenvalue weighted by Crippen LogP contribution is -2.37. The summed E-state index contributed by atoms with van der Waals surface area (Å²) in [6.07, 6.45) is 42.5. The predicted octanol–water partition coefficient (Wildman–Crippen LogP) is 11.4. The van der Waals surface area contributed by atoms with Gasteiger partial charge in [-0.05, 0) is 70.6 Å². The number of unbranched alkanes of at least 4 members (excludes halogenated alkanes) is 12. The summed E-state index contributed by atoms with van der Waals surface area (Å²) in [5, 5.41) is 0. The van der Waals surface area contributed by atoms with Gasteiger partial charge in [0.15, 0.2) is 0 Å². The van der Waals surface area contributed by atoms with Gasteiger partial charge in [-0.3, -0.25) is 13.8 Å². The summed E-state index contributed by atoms with van der Waals surface area (Å²) in [4.78, 5) is 22.8. The van der Waals surface area contributed by atoms with E-state index in [1.807, 2.05) is 21.1 Å². The first-order chi connectivity index (χ1) is 24.6. The molecule has 0 aromatic carbocycles. The van der Waals surface area contributed by atoms with E-state index in [4.69, 9.17) is 18.5 Å². The molecule has 2 atom stereocenters. The van der Waals surface area contributed by atoms with Crippen LogP contribution in [0.3, 0.4) is 0 Å². The van der Waals surface area contributed by atoms with Crippen LogP contribution in [0.4, 0.5) is 0 Å². The molecule has 0 radical (unpaired) electrons. The first-order valence-electron chi connectivity index (χ1n) is 20.0. The standard InChI is InChI=1S/C42H76NO7P/c1-6-8-10-12-14-16-18-20-21-22-23-24-25-27-29-31-33-35-42(44)50-41(40-49-51(45,46)48-38-36-43(3,4)5)39-47-37-34-32-30-28-26-19-17-15-13-11-9-7-2/h8,10,13-16,20-21,23-24,41H,6-7,9,11-12,17-19,22,25-40H2,1-5H3/p+1/b10-8-,15-13-,16-14-,21-20-,24-23-. The zero-order valence-electron chi connectivity index (χ0n) is 33.3. The zero-order valence-corrected chi connectivity index (χ0v) is 34.2. The first-order valence-corrected chi connectivity index (χ1v) is 21.5. The van der Waals surface area contributed by atoms with E-state index in [0.717, 1.165) is 70.6 Å². The number of rotatable bonds is 36. The average Bonchev–Trinajstić information content (AvgIpc) is 3.08. The Kier molecular flexibility index (Phi) is 34.0. The van der Waals surface area contributed by atoms with Gasteiger partial charge >= 0.3 is 13.8 Å². The number of carbonyl (C=O) groups is 1. The van der Waals surface area contributed by atoms with Crippen LogP contribution < -0.4 is 0 Å². The molecule has 0 aliphatic heterocycles. The summed E-state index contributed by atoms with van der Waals surface area (Å²) in [6.45, 7) is 5.40. The molecule has 8 nitrogen and oxygen atoms in total. The van der Waals surface area contributed by atoms with Gasteiger partial charge in [0.25, 0.3) is 0 Å². The molecule has 0 fully saturated rings. The highest BCUT2D eigenvalue weighted by Gasteiger charge is 2.26. The van der Waals surface area contributed by atoms with Crippen LogP contribution in [0.5, 0.6) is 0 Å². The molecule has 0 aliphatic rings. The average molecular weight is 739 g/mol. The minimum Gasteiger partial charge on any atom is -0.457 e. The van der Waals surface area contributed by atoms with E-state index in [-0.39, 0.29) is 25.8 Å². The van der Waals surface area contributed by atoms with Gasteiger partial charge in [-0.25, -0.2) is 4.57 Å². The van der Waals surface area contributed by atoms with Crippen molar-refractivity contribution in [2.45, 2.75) is 148 Å². The van der Waals surface area contributed by atoms with Crippen molar-refractivity contribution in [2.75, 3.05) is 54.1 Å². The molecular weight excluding hydrogens is 661 g/mol. The van der Waals surface area contributed by atoms with Gasteiger partial charge in [0, 0.05) is 13.0 Å². The molecule has 0 bridgehead atoms.